The molecule has 0 saturated heterocycles. The van der Waals surface area contributed by atoms with Crippen LogP contribution in [0.5, 0.6) is 0 Å². The number of hydrogen-bond donors (Lipinski definition) is 1. The lowest BCUT2D eigenvalue weighted by Crippen LogP contribution is -2.26. The second-order valence-corrected chi connectivity index (χ2v) is 4.95. The van der Waals surface area contributed by atoms with E-state index in [1.165, 1.54) is 25.1 Å². The van der Waals surface area contributed by atoms with Gasteiger partial charge in [-0.05, 0) is 32.2 Å². The highest BCUT2D eigenvalue weighted by atomic mass is 15.0. The molecule has 0 radical (unpaired) electrons. The Morgan fingerprint density at radius 1 is 1.31 bits per heavy atom. The summed E-state index contributed by atoms with van der Waals surface area (Å²) in [5.74, 6) is 1.98. The van der Waals surface area contributed by atoms with Crippen molar-refractivity contribution in [2.45, 2.75) is 45.6 Å². The van der Waals surface area contributed by atoms with Gasteiger partial charge in [-0.25, -0.2) is 4.98 Å². The molecule has 0 aliphatic rings. The third kappa shape index (κ3) is 4.35. The summed E-state index contributed by atoms with van der Waals surface area (Å²) in [6.45, 7) is 4.57. The number of aromatic nitrogens is 2. The molecule has 0 aromatic carbocycles. The third-order valence-corrected chi connectivity index (χ3v) is 3.14. The van der Waals surface area contributed by atoms with Gasteiger partial charge >= 0.3 is 0 Å². The average Bonchev–Trinajstić information content (AvgIpc) is 2.64. The molecular formula is C13H25N3. The van der Waals surface area contributed by atoms with Crippen molar-refractivity contribution < 1.29 is 0 Å². The van der Waals surface area contributed by atoms with E-state index in [0.717, 1.165) is 12.3 Å². The van der Waals surface area contributed by atoms with E-state index in [4.69, 9.17) is 0 Å². The molecule has 0 spiro atoms. The molecule has 1 aromatic heterocycles. The summed E-state index contributed by atoms with van der Waals surface area (Å²) in [5.41, 5.74) is 0. The lowest BCUT2D eigenvalue weighted by atomic mass is 10.00. The lowest BCUT2D eigenvalue weighted by Gasteiger charge is -2.17. The first-order valence-corrected chi connectivity index (χ1v) is 6.27. The minimum atomic E-state index is 0.624. The fourth-order valence-corrected chi connectivity index (χ4v) is 1.91. The standard InChI is InChI=1S/C13H25N3/c1-11(2)5-6-12(14-3)7-8-13-15-9-10-16(13)4/h9-12,14H,5-8H2,1-4H3. The largest absolute Gasteiger partial charge is 0.338 e. The minimum absolute atomic E-state index is 0.624. The topological polar surface area (TPSA) is 29.9 Å². The van der Waals surface area contributed by atoms with Crippen LogP contribution in [-0.4, -0.2) is 22.6 Å². The molecule has 0 fully saturated rings. The molecule has 3 heteroatoms. The van der Waals surface area contributed by atoms with Gasteiger partial charge in [0.1, 0.15) is 5.82 Å². The molecule has 16 heavy (non-hydrogen) atoms. The van der Waals surface area contributed by atoms with Crippen molar-refractivity contribution in [3.8, 4) is 0 Å². The quantitative estimate of drug-likeness (QED) is 0.769. The highest BCUT2D eigenvalue weighted by Gasteiger charge is 2.09. The van der Waals surface area contributed by atoms with Crippen LogP contribution in [0.1, 0.15) is 38.9 Å². The summed E-state index contributed by atoms with van der Waals surface area (Å²) in [6.07, 6.45) is 8.68. The first-order chi connectivity index (χ1) is 7.63. The lowest BCUT2D eigenvalue weighted by molar-refractivity contribution is 0.429. The molecule has 1 heterocycles. The normalized spacial score (nSPS) is 13.3. The highest BCUT2D eigenvalue weighted by molar-refractivity contribution is 4.91. The van der Waals surface area contributed by atoms with E-state index in [-0.39, 0.29) is 0 Å². The Labute approximate surface area is 99.3 Å². The maximum atomic E-state index is 4.35. The van der Waals surface area contributed by atoms with E-state index >= 15 is 0 Å². The molecule has 1 rings (SSSR count). The molecule has 0 amide bonds. The van der Waals surface area contributed by atoms with Gasteiger partial charge < -0.3 is 9.88 Å². The molecule has 1 aromatic rings. The smallest absolute Gasteiger partial charge is 0.108 e. The first-order valence-electron chi connectivity index (χ1n) is 6.27. The Balaban J connectivity index is 2.31. The molecule has 0 saturated carbocycles. The summed E-state index contributed by atoms with van der Waals surface area (Å²) >= 11 is 0. The molecule has 0 aliphatic heterocycles. The van der Waals surface area contributed by atoms with Gasteiger partial charge in [0, 0.05) is 31.9 Å². The maximum absolute atomic E-state index is 4.35. The zero-order valence-corrected chi connectivity index (χ0v) is 11.0. The third-order valence-electron chi connectivity index (χ3n) is 3.14. The van der Waals surface area contributed by atoms with Crippen molar-refractivity contribution in [2.75, 3.05) is 7.05 Å². The Morgan fingerprint density at radius 2 is 2.06 bits per heavy atom. The fourth-order valence-electron chi connectivity index (χ4n) is 1.91. The Kier molecular flexibility index (Phi) is 5.53. The van der Waals surface area contributed by atoms with Crippen LogP contribution in [0.2, 0.25) is 0 Å². The van der Waals surface area contributed by atoms with Crippen molar-refractivity contribution in [1.82, 2.24) is 14.9 Å². The molecule has 1 N–H and O–H groups in total. The monoisotopic (exact) mass is 223 g/mol. The number of nitrogens with one attached hydrogen (secondary N) is 1. The second-order valence-electron chi connectivity index (χ2n) is 4.95. The van der Waals surface area contributed by atoms with Crippen molar-refractivity contribution in [1.29, 1.82) is 0 Å². The van der Waals surface area contributed by atoms with Gasteiger partial charge in [0.2, 0.25) is 0 Å². The van der Waals surface area contributed by atoms with Crippen LogP contribution in [0, 0.1) is 5.92 Å². The van der Waals surface area contributed by atoms with E-state index in [0.29, 0.717) is 6.04 Å². The minimum Gasteiger partial charge on any atom is -0.338 e. The van der Waals surface area contributed by atoms with Crippen LogP contribution < -0.4 is 5.32 Å². The Morgan fingerprint density at radius 3 is 2.56 bits per heavy atom. The maximum Gasteiger partial charge on any atom is 0.108 e. The Bertz CT molecular complexity index is 291. The molecule has 1 unspecified atom stereocenters. The van der Waals surface area contributed by atoms with Crippen molar-refractivity contribution in [3.05, 3.63) is 18.2 Å². The fraction of sp³-hybridized carbons (Fsp3) is 0.769. The summed E-state index contributed by atoms with van der Waals surface area (Å²) in [5, 5.41) is 3.40. The number of imidazole rings is 1. The van der Waals surface area contributed by atoms with Gasteiger partial charge in [-0.15, -0.1) is 0 Å². The van der Waals surface area contributed by atoms with Crippen LogP contribution in [0.25, 0.3) is 0 Å². The predicted molar refractivity (Wildman–Crippen MR) is 68.4 cm³/mol. The van der Waals surface area contributed by atoms with E-state index in [1.807, 2.05) is 12.4 Å². The van der Waals surface area contributed by atoms with E-state index in [1.54, 1.807) is 0 Å². The number of rotatable bonds is 7. The van der Waals surface area contributed by atoms with Crippen LogP contribution >= 0.6 is 0 Å². The van der Waals surface area contributed by atoms with Crippen molar-refractivity contribution in [3.63, 3.8) is 0 Å². The van der Waals surface area contributed by atoms with Gasteiger partial charge in [-0.2, -0.15) is 0 Å². The van der Waals surface area contributed by atoms with Gasteiger partial charge in [0.25, 0.3) is 0 Å². The zero-order valence-electron chi connectivity index (χ0n) is 11.0. The number of hydrogen-bond acceptors (Lipinski definition) is 2. The average molecular weight is 223 g/mol. The van der Waals surface area contributed by atoms with Crippen molar-refractivity contribution in [2.24, 2.45) is 13.0 Å². The van der Waals surface area contributed by atoms with Gasteiger partial charge in [0.05, 0.1) is 0 Å². The first kappa shape index (κ1) is 13.2. The van der Waals surface area contributed by atoms with E-state index < -0.39 is 0 Å². The zero-order chi connectivity index (χ0) is 12.0. The molecule has 0 bridgehead atoms. The van der Waals surface area contributed by atoms with E-state index in [9.17, 15) is 0 Å². The summed E-state index contributed by atoms with van der Waals surface area (Å²) < 4.78 is 2.11. The van der Waals surface area contributed by atoms with Crippen LogP contribution in [0.15, 0.2) is 12.4 Å². The number of aryl methyl sites for hydroxylation is 2. The summed E-state index contributed by atoms with van der Waals surface area (Å²) in [6, 6.07) is 0.624. The molecule has 0 aliphatic carbocycles. The van der Waals surface area contributed by atoms with E-state index in [2.05, 4.69) is 42.8 Å². The van der Waals surface area contributed by atoms with Crippen LogP contribution in [0.4, 0.5) is 0 Å². The second kappa shape index (κ2) is 6.69. The molecular weight excluding hydrogens is 198 g/mol. The van der Waals surface area contributed by atoms with Crippen molar-refractivity contribution >= 4 is 0 Å². The summed E-state index contributed by atoms with van der Waals surface area (Å²) in [4.78, 5) is 4.35. The van der Waals surface area contributed by atoms with Gasteiger partial charge in [-0.3, -0.25) is 0 Å². The molecule has 3 nitrogen and oxygen atoms in total. The SMILES string of the molecule is CNC(CCc1nccn1C)CCC(C)C. The van der Waals surface area contributed by atoms with Crippen LogP contribution in [0.3, 0.4) is 0 Å². The van der Waals surface area contributed by atoms with Gasteiger partial charge in [-0.1, -0.05) is 13.8 Å². The molecule has 92 valence electrons. The highest BCUT2D eigenvalue weighted by Crippen LogP contribution is 2.11. The summed E-state index contributed by atoms with van der Waals surface area (Å²) in [7, 11) is 4.12. The van der Waals surface area contributed by atoms with Gasteiger partial charge in [0.15, 0.2) is 0 Å². The van der Waals surface area contributed by atoms with Crippen LogP contribution in [-0.2, 0) is 13.5 Å². The Hall–Kier alpha value is -0.830. The predicted octanol–water partition coefficient (Wildman–Crippen LogP) is 2.38. The molecule has 1 atom stereocenters. The number of nitrogens with zero attached hydrogens (tertiary/aromatic N) is 2.